The van der Waals surface area contributed by atoms with Gasteiger partial charge < -0.3 is 4.89 Å². The third-order valence-electron chi connectivity index (χ3n) is 2.46. The number of hydrogen-bond acceptors (Lipinski definition) is 4. The molecule has 0 aromatic heterocycles. The van der Waals surface area contributed by atoms with Crippen molar-refractivity contribution in [2.75, 3.05) is 38.0 Å². The maximum atomic E-state index is 12.6. The molecular weight excluding hydrogens is 270 g/mol. The molecule has 1 atom stereocenters. The van der Waals surface area contributed by atoms with Crippen LogP contribution in [0.4, 0.5) is 0 Å². The summed E-state index contributed by atoms with van der Waals surface area (Å²) < 4.78 is 7.23. The molecule has 1 heterocycles. The first kappa shape index (κ1) is 14.9. The summed E-state index contributed by atoms with van der Waals surface area (Å²) in [6.45, 7) is 2.31. The van der Waals surface area contributed by atoms with Gasteiger partial charge in [-0.25, -0.2) is 4.52 Å². The zero-order valence-electron chi connectivity index (χ0n) is 9.33. The Morgan fingerprint density at radius 2 is 1.88 bits per heavy atom. The molecule has 1 N–H and O–H groups in total. The van der Waals surface area contributed by atoms with E-state index in [1.54, 1.807) is 4.67 Å². The molecular formula is C9H19Cl2N2O2P. The second-order valence-corrected chi connectivity index (χ2v) is 6.59. The molecule has 1 fully saturated rings. The number of nitrogens with zero attached hydrogens (tertiary/aromatic N) is 1. The zero-order valence-corrected chi connectivity index (χ0v) is 11.7. The molecule has 96 valence electrons. The molecule has 1 aliphatic heterocycles. The molecule has 1 unspecified atom stereocenters. The van der Waals surface area contributed by atoms with Crippen molar-refractivity contribution in [2.24, 2.45) is 0 Å². The van der Waals surface area contributed by atoms with E-state index in [1.807, 2.05) is 0 Å². The van der Waals surface area contributed by atoms with Gasteiger partial charge in [-0.3, -0.25) is 0 Å². The number of alkyl halides is 2. The average Bonchev–Trinajstić information content (AvgIpc) is 2.24. The third kappa shape index (κ3) is 4.61. The summed E-state index contributed by atoms with van der Waals surface area (Å²) in [6, 6.07) is 0. The van der Waals surface area contributed by atoms with E-state index >= 15 is 0 Å². The predicted molar refractivity (Wildman–Crippen MR) is 67.7 cm³/mol. The summed E-state index contributed by atoms with van der Waals surface area (Å²) in [5.74, 6) is 0.845. The van der Waals surface area contributed by atoms with Gasteiger partial charge in [0.1, 0.15) is 0 Å². The molecule has 0 aliphatic carbocycles. The Morgan fingerprint density at radius 1 is 1.19 bits per heavy atom. The summed E-state index contributed by atoms with van der Waals surface area (Å²) in [5.41, 5.74) is 0. The van der Waals surface area contributed by atoms with Crippen LogP contribution in [0.25, 0.3) is 0 Å². The van der Waals surface area contributed by atoms with Gasteiger partial charge in [-0.15, -0.1) is 27.9 Å². The van der Waals surface area contributed by atoms with Crippen molar-refractivity contribution in [3.05, 3.63) is 0 Å². The van der Waals surface area contributed by atoms with E-state index in [4.69, 9.17) is 27.7 Å². The highest BCUT2D eigenvalue weighted by Gasteiger charge is 2.36. The topological polar surface area (TPSA) is 47.6 Å². The van der Waals surface area contributed by atoms with Crippen LogP contribution in [0.2, 0.25) is 0 Å². The molecule has 0 aromatic carbocycles. The molecule has 1 rings (SSSR count). The van der Waals surface area contributed by atoms with Crippen LogP contribution in [0.5, 0.6) is 0 Å². The lowest BCUT2D eigenvalue weighted by molar-refractivity contribution is -0.211. The first-order chi connectivity index (χ1) is 7.73. The molecule has 0 amide bonds. The fourth-order valence-electron chi connectivity index (χ4n) is 1.61. The van der Waals surface area contributed by atoms with Gasteiger partial charge in [0.25, 0.3) is 0 Å². The quantitative estimate of drug-likeness (QED) is 0.617. The third-order valence-corrected chi connectivity index (χ3v) is 5.10. The summed E-state index contributed by atoms with van der Waals surface area (Å²) in [4.78, 5) is 12.6. The van der Waals surface area contributed by atoms with Gasteiger partial charge in [-0.2, -0.15) is 5.09 Å². The number of halogens is 2. The van der Waals surface area contributed by atoms with Crippen molar-refractivity contribution in [1.29, 1.82) is 0 Å². The van der Waals surface area contributed by atoms with Crippen LogP contribution in [-0.4, -0.2) is 42.7 Å². The van der Waals surface area contributed by atoms with Gasteiger partial charge in [0.05, 0.1) is 19.7 Å². The minimum absolute atomic E-state index is 0.423. The lowest BCUT2D eigenvalue weighted by Gasteiger charge is -2.38. The molecule has 0 aromatic rings. The number of rotatable bonds is 5. The van der Waals surface area contributed by atoms with Crippen LogP contribution in [0.1, 0.15) is 19.3 Å². The molecule has 0 spiro atoms. The van der Waals surface area contributed by atoms with Gasteiger partial charge in [0.15, 0.2) is 0 Å². The predicted octanol–water partition coefficient (Wildman–Crippen LogP) is 1.59. The number of hydrogen-bond donors (Lipinski definition) is 1. The van der Waals surface area contributed by atoms with Crippen LogP contribution >= 0.6 is 31.2 Å². The average molecular weight is 289 g/mol. The Labute approximate surface area is 108 Å². The maximum Gasteiger partial charge on any atom is 0.250 e. The lowest BCUT2D eigenvalue weighted by atomic mass is 10.2. The molecule has 1 aliphatic rings. The van der Waals surface area contributed by atoms with Crippen LogP contribution in [-0.2, 0) is 4.52 Å². The number of nitrogens with one attached hydrogen (secondary N) is 1. The van der Waals surface area contributed by atoms with Gasteiger partial charge in [0.2, 0.25) is 8.02 Å². The minimum Gasteiger partial charge on any atom is -0.626 e. The van der Waals surface area contributed by atoms with Crippen molar-refractivity contribution in [3.8, 4) is 0 Å². The Hall–Kier alpha value is 0.850. The van der Waals surface area contributed by atoms with Crippen molar-refractivity contribution in [2.45, 2.75) is 19.3 Å². The highest BCUT2D eigenvalue weighted by molar-refractivity contribution is 7.59. The second kappa shape index (κ2) is 8.04. The molecule has 0 bridgehead atoms. The van der Waals surface area contributed by atoms with Crippen LogP contribution in [0.15, 0.2) is 0 Å². The summed E-state index contributed by atoms with van der Waals surface area (Å²) in [7, 11) is -2.91. The van der Waals surface area contributed by atoms with E-state index < -0.39 is 8.02 Å². The van der Waals surface area contributed by atoms with E-state index in [9.17, 15) is 4.89 Å². The maximum absolute atomic E-state index is 12.6. The van der Waals surface area contributed by atoms with Gasteiger partial charge in [-0.05, 0) is 19.3 Å². The van der Waals surface area contributed by atoms with E-state index in [-0.39, 0.29) is 0 Å². The van der Waals surface area contributed by atoms with Crippen molar-refractivity contribution >= 4 is 31.2 Å². The Bertz CT molecular complexity index is 186. The van der Waals surface area contributed by atoms with E-state index in [2.05, 4.69) is 5.09 Å². The van der Waals surface area contributed by atoms with Gasteiger partial charge >= 0.3 is 0 Å². The summed E-state index contributed by atoms with van der Waals surface area (Å²) in [5, 5.41) is 3.01. The van der Waals surface area contributed by atoms with Crippen LogP contribution in [0.3, 0.4) is 0 Å². The van der Waals surface area contributed by atoms with Crippen molar-refractivity contribution in [3.63, 3.8) is 0 Å². The fourth-order valence-corrected chi connectivity index (χ4v) is 4.25. The highest BCUT2D eigenvalue weighted by Crippen LogP contribution is 2.51. The molecule has 0 saturated carbocycles. The smallest absolute Gasteiger partial charge is 0.250 e. The van der Waals surface area contributed by atoms with E-state index in [0.717, 1.165) is 25.8 Å². The molecule has 16 heavy (non-hydrogen) atoms. The standard InChI is InChI=1S/C9H19Cl2N2O2P/c10-4-7-13(8-5-11)16(14)12-6-2-1-3-9-15-16/h1-9H2,(H,12,14). The molecule has 0 radical (unpaired) electrons. The minimum atomic E-state index is -2.91. The Kier molecular flexibility index (Phi) is 7.49. The van der Waals surface area contributed by atoms with Crippen LogP contribution < -0.4 is 9.98 Å². The summed E-state index contributed by atoms with van der Waals surface area (Å²) in [6.07, 6.45) is 3.10. The molecule has 7 heteroatoms. The zero-order chi connectivity index (χ0) is 11.9. The van der Waals surface area contributed by atoms with Crippen molar-refractivity contribution in [1.82, 2.24) is 9.76 Å². The van der Waals surface area contributed by atoms with Gasteiger partial charge in [-0.1, -0.05) is 0 Å². The lowest BCUT2D eigenvalue weighted by Crippen LogP contribution is -2.44. The van der Waals surface area contributed by atoms with Gasteiger partial charge in [0, 0.05) is 18.3 Å². The summed E-state index contributed by atoms with van der Waals surface area (Å²) >= 11 is 11.4. The second-order valence-electron chi connectivity index (χ2n) is 3.65. The first-order valence-electron chi connectivity index (χ1n) is 5.60. The SMILES string of the molecule is [O-][P+]1(N(CCCl)CCCl)NCCCCCO1. The largest absolute Gasteiger partial charge is 0.626 e. The Balaban J connectivity index is 2.59. The molecule has 1 saturated heterocycles. The fraction of sp³-hybridized carbons (Fsp3) is 1.00. The van der Waals surface area contributed by atoms with E-state index in [1.165, 1.54) is 0 Å². The highest BCUT2D eigenvalue weighted by atomic mass is 35.5. The first-order valence-corrected chi connectivity index (χ1v) is 8.24. The Morgan fingerprint density at radius 3 is 2.50 bits per heavy atom. The monoisotopic (exact) mass is 288 g/mol. The van der Waals surface area contributed by atoms with E-state index in [0.29, 0.717) is 31.5 Å². The normalized spacial score (nSPS) is 27.8. The van der Waals surface area contributed by atoms with Crippen LogP contribution in [0, 0.1) is 0 Å². The van der Waals surface area contributed by atoms with Crippen molar-refractivity contribution < 1.29 is 9.42 Å². The molecule has 4 nitrogen and oxygen atoms in total.